The third-order valence-electron chi connectivity index (χ3n) is 3.99. The van der Waals surface area contributed by atoms with Crippen molar-refractivity contribution in [3.63, 3.8) is 0 Å². The molecule has 1 aromatic rings. The van der Waals surface area contributed by atoms with Crippen LogP contribution >= 0.6 is 0 Å². The molecule has 0 radical (unpaired) electrons. The third kappa shape index (κ3) is 2.06. The lowest BCUT2D eigenvalue weighted by molar-refractivity contribution is 0.380. The Bertz CT molecular complexity index is 510. The van der Waals surface area contributed by atoms with E-state index in [0.29, 0.717) is 0 Å². The molecule has 1 aromatic carbocycles. The molecule has 0 saturated carbocycles. The first-order valence-corrected chi connectivity index (χ1v) is 6.60. The number of hydrogen-bond acceptors (Lipinski definition) is 1. The summed E-state index contributed by atoms with van der Waals surface area (Å²) in [6.45, 7) is 2.32. The molecule has 92 valence electrons. The van der Waals surface area contributed by atoms with Gasteiger partial charge in [0.2, 0.25) is 0 Å². The SMILES string of the molecule is CN1CCC2(C=CC=C/C2=C\c2ccccc2)C1. The minimum atomic E-state index is 0.235. The van der Waals surface area contributed by atoms with Crippen LogP contribution in [0.1, 0.15) is 12.0 Å². The largest absolute Gasteiger partial charge is 0.305 e. The highest BCUT2D eigenvalue weighted by Crippen LogP contribution is 2.42. The molecule has 1 unspecified atom stereocenters. The van der Waals surface area contributed by atoms with E-state index in [1.165, 1.54) is 24.1 Å². The van der Waals surface area contributed by atoms with Crippen molar-refractivity contribution in [2.45, 2.75) is 6.42 Å². The summed E-state index contributed by atoms with van der Waals surface area (Å²) in [5.41, 5.74) is 2.97. The standard InChI is InChI=1S/C17H19N/c1-18-12-11-17(14-18)10-6-5-9-16(17)13-15-7-3-2-4-8-15/h2-10,13H,11-12,14H2,1H3/b16-13+. The lowest BCUT2D eigenvalue weighted by Gasteiger charge is -2.29. The average molecular weight is 237 g/mol. The van der Waals surface area contributed by atoms with Crippen molar-refractivity contribution in [2.24, 2.45) is 5.41 Å². The Hall–Kier alpha value is -1.60. The van der Waals surface area contributed by atoms with Gasteiger partial charge in [0.15, 0.2) is 0 Å². The fourth-order valence-electron chi connectivity index (χ4n) is 2.98. The quantitative estimate of drug-likeness (QED) is 0.722. The summed E-state index contributed by atoms with van der Waals surface area (Å²) in [6, 6.07) is 10.6. The van der Waals surface area contributed by atoms with Crippen LogP contribution in [0.25, 0.3) is 6.08 Å². The molecule has 1 fully saturated rings. The fraction of sp³-hybridized carbons (Fsp3) is 0.294. The first-order chi connectivity index (χ1) is 8.78. The highest BCUT2D eigenvalue weighted by Gasteiger charge is 2.37. The maximum Gasteiger partial charge on any atom is 0.0274 e. The molecule has 3 rings (SSSR count). The van der Waals surface area contributed by atoms with E-state index in [1.807, 2.05) is 0 Å². The molecule has 1 heteroatoms. The van der Waals surface area contributed by atoms with Crippen molar-refractivity contribution >= 4 is 6.08 Å². The van der Waals surface area contributed by atoms with E-state index in [0.717, 1.165) is 6.54 Å². The number of benzene rings is 1. The molecular weight excluding hydrogens is 218 g/mol. The van der Waals surface area contributed by atoms with Gasteiger partial charge in [-0.25, -0.2) is 0 Å². The summed E-state index contributed by atoms with van der Waals surface area (Å²) in [5, 5.41) is 0. The summed E-state index contributed by atoms with van der Waals surface area (Å²) >= 11 is 0. The van der Waals surface area contributed by atoms with E-state index in [1.54, 1.807) is 0 Å². The molecule has 1 saturated heterocycles. The Morgan fingerprint density at radius 2 is 2.00 bits per heavy atom. The molecule has 1 atom stereocenters. The predicted molar refractivity (Wildman–Crippen MR) is 77.2 cm³/mol. The average Bonchev–Trinajstić information content (AvgIpc) is 2.76. The zero-order valence-electron chi connectivity index (χ0n) is 10.8. The van der Waals surface area contributed by atoms with E-state index in [4.69, 9.17) is 0 Å². The molecule has 1 nitrogen and oxygen atoms in total. The van der Waals surface area contributed by atoms with Crippen LogP contribution in [0.3, 0.4) is 0 Å². The van der Waals surface area contributed by atoms with Gasteiger partial charge in [-0.1, -0.05) is 60.7 Å². The van der Waals surface area contributed by atoms with Crippen LogP contribution in [-0.2, 0) is 0 Å². The predicted octanol–water partition coefficient (Wildman–Crippen LogP) is 3.52. The maximum atomic E-state index is 2.42. The van der Waals surface area contributed by atoms with Crippen LogP contribution in [0.2, 0.25) is 0 Å². The Morgan fingerprint density at radius 1 is 1.17 bits per heavy atom. The number of likely N-dealkylation sites (tertiary alicyclic amines) is 1. The van der Waals surface area contributed by atoms with Crippen molar-refractivity contribution in [3.8, 4) is 0 Å². The normalized spacial score (nSPS) is 29.5. The topological polar surface area (TPSA) is 3.24 Å². The van der Waals surface area contributed by atoms with Gasteiger partial charge in [0, 0.05) is 12.0 Å². The zero-order valence-corrected chi connectivity index (χ0v) is 10.8. The number of allylic oxidation sites excluding steroid dienone is 3. The highest BCUT2D eigenvalue weighted by atomic mass is 15.1. The van der Waals surface area contributed by atoms with Crippen molar-refractivity contribution in [2.75, 3.05) is 20.1 Å². The minimum absolute atomic E-state index is 0.235. The fourth-order valence-corrected chi connectivity index (χ4v) is 2.98. The smallest absolute Gasteiger partial charge is 0.0274 e. The van der Waals surface area contributed by atoms with Gasteiger partial charge >= 0.3 is 0 Å². The molecule has 1 heterocycles. The van der Waals surface area contributed by atoms with Gasteiger partial charge in [-0.15, -0.1) is 0 Å². The molecule has 1 aliphatic carbocycles. The molecule has 1 spiro atoms. The second-order valence-electron chi connectivity index (χ2n) is 5.37. The van der Waals surface area contributed by atoms with E-state index < -0.39 is 0 Å². The molecule has 0 N–H and O–H groups in total. The molecule has 18 heavy (non-hydrogen) atoms. The minimum Gasteiger partial charge on any atom is -0.305 e. The highest BCUT2D eigenvalue weighted by molar-refractivity contribution is 5.60. The molecule has 2 aliphatic rings. The monoisotopic (exact) mass is 237 g/mol. The Kier molecular flexibility index (Phi) is 2.92. The molecule has 0 amide bonds. The van der Waals surface area contributed by atoms with Crippen LogP contribution in [0.5, 0.6) is 0 Å². The Morgan fingerprint density at radius 3 is 2.72 bits per heavy atom. The zero-order chi connectivity index (χ0) is 12.4. The first kappa shape index (κ1) is 11.5. The Balaban J connectivity index is 1.97. The van der Waals surface area contributed by atoms with Crippen LogP contribution < -0.4 is 0 Å². The summed E-state index contributed by atoms with van der Waals surface area (Å²) in [7, 11) is 2.21. The molecular formula is C17H19N. The van der Waals surface area contributed by atoms with E-state index in [-0.39, 0.29) is 5.41 Å². The van der Waals surface area contributed by atoms with Crippen LogP contribution in [-0.4, -0.2) is 25.0 Å². The summed E-state index contributed by atoms with van der Waals surface area (Å²) in [4.78, 5) is 2.42. The van der Waals surface area contributed by atoms with Gasteiger partial charge < -0.3 is 4.90 Å². The van der Waals surface area contributed by atoms with Crippen molar-refractivity contribution < 1.29 is 0 Å². The first-order valence-electron chi connectivity index (χ1n) is 6.60. The lowest BCUT2D eigenvalue weighted by Crippen LogP contribution is -2.25. The van der Waals surface area contributed by atoms with Gasteiger partial charge in [-0.05, 0) is 31.1 Å². The number of nitrogens with zero attached hydrogens (tertiary/aromatic N) is 1. The maximum absolute atomic E-state index is 2.42. The van der Waals surface area contributed by atoms with Crippen molar-refractivity contribution in [1.29, 1.82) is 0 Å². The van der Waals surface area contributed by atoms with Gasteiger partial charge in [-0.2, -0.15) is 0 Å². The van der Waals surface area contributed by atoms with Crippen molar-refractivity contribution in [3.05, 3.63) is 65.8 Å². The van der Waals surface area contributed by atoms with Gasteiger partial charge in [0.25, 0.3) is 0 Å². The summed E-state index contributed by atoms with van der Waals surface area (Å²) in [5.74, 6) is 0. The van der Waals surface area contributed by atoms with Gasteiger partial charge in [-0.3, -0.25) is 0 Å². The van der Waals surface area contributed by atoms with Gasteiger partial charge in [0.1, 0.15) is 0 Å². The number of rotatable bonds is 1. The van der Waals surface area contributed by atoms with Crippen LogP contribution in [0.15, 0.2) is 60.2 Å². The molecule has 0 aromatic heterocycles. The second kappa shape index (κ2) is 4.58. The lowest BCUT2D eigenvalue weighted by atomic mass is 9.76. The van der Waals surface area contributed by atoms with Crippen LogP contribution in [0.4, 0.5) is 0 Å². The number of hydrogen-bond donors (Lipinski definition) is 0. The van der Waals surface area contributed by atoms with E-state index >= 15 is 0 Å². The summed E-state index contributed by atoms with van der Waals surface area (Å²) < 4.78 is 0. The van der Waals surface area contributed by atoms with Crippen molar-refractivity contribution in [1.82, 2.24) is 4.90 Å². The van der Waals surface area contributed by atoms with E-state index in [2.05, 4.69) is 72.7 Å². The molecule has 0 bridgehead atoms. The third-order valence-corrected chi connectivity index (χ3v) is 3.99. The van der Waals surface area contributed by atoms with E-state index in [9.17, 15) is 0 Å². The Labute approximate surface area is 109 Å². The van der Waals surface area contributed by atoms with Crippen LogP contribution in [0, 0.1) is 5.41 Å². The summed E-state index contributed by atoms with van der Waals surface area (Å²) in [6.07, 6.45) is 12.6. The second-order valence-corrected chi connectivity index (χ2v) is 5.37. The molecule has 1 aliphatic heterocycles. The van der Waals surface area contributed by atoms with Gasteiger partial charge in [0.05, 0.1) is 0 Å².